The van der Waals surface area contributed by atoms with Crippen molar-refractivity contribution in [2.24, 2.45) is 0 Å². The lowest BCUT2D eigenvalue weighted by molar-refractivity contribution is -0.253. The van der Waals surface area contributed by atoms with E-state index >= 15 is 0 Å². The largest absolute Gasteiger partial charge is 0.461 e. The third-order valence-electron chi connectivity index (χ3n) is 1.60. The van der Waals surface area contributed by atoms with E-state index in [1.807, 2.05) is 0 Å². The van der Waals surface area contributed by atoms with Crippen LogP contribution in [0.3, 0.4) is 0 Å². The highest BCUT2D eigenvalue weighted by Crippen LogP contribution is 2.28. The van der Waals surface area contributed by atoms with Crippen LogP contribution in [0.1, 0.15) is 10.4 Å². The summed E-state index contributed by atoms with van der Waals surface area (Å²) in [5, 5.41) is 0. The molecule has 0 radical (unpaired) electrons. The Balaban J connectivity index is 2.94. The normalized spacial score (nSPS) is 11.6. The molecule has 1 aromatic carbocycles. The zero-order chi connectivity index (χ0) is 12.3. The summed E-state index contributed by atoms with van der Waals surface area (Å²) in [5.41, 5.74) is -0.553. The summed E-state index contributed by atoms with van der Waals surface area (Å²) in [4.78, 5) is 10.2. The maximum absolute atomic E-state index is 12.7. The summed E-state index contributed by atoms with van der Waals surface area (Å²) in [5.74, 6) is -1.67. The number of hydrogen-bond donors (Lipinski definition) is 0. The first-order valence-corrected chi connectivity index (χ1v) is 3.96. The van der Waals surface area contributed by atoms with E-state index in [1.165, 1.54) is 0 Å². The van der Waals surface area contributed by atoms with E-state index in [0.29, 0.717) is 12.1 Å². The summed E-state index contributed by atoms with van der Waals surface area (Å²) < 4.78 is 64.7. The van der Waals surface area contributed by atoms with Gasteiger partial charge in [0, 0.05) is 0 Å². The SMILES string of the molecule is O=Cc1cc(OC(F)(F)C(F)F)ccc1F. The molecule has 0 amide bonds. The average Bonchev–Trinajstić information content (AvgIpc) is 2.20. The standard InChI is InChI=1S/C9H5F5O2/c10-7-2-1-6(3-5(7)4-15)16-9(13,14)8(11)12/h1-4,8H. The van der Waals surface area contributed by atoms with Crippen molar-refractivity contribution in [3.8, 4) is 5.75 Å². The fraction of sp³-hybridized carbons (Fsp3) is 0.222. The van der Waals surface area contributed by atoms with Gasteiger partial charge in [-0.15, -0.1) is 0 Å². The molecule has 1 rings (SSSR count). The van der Waals surface area contributed by atoms with E-state index in [2.05, 4.69) is 4.74 Å². The zero-order valence-electron chi connectivity index (χ0n) is 7.59. The first kappa shape index (κ1) is 12.4. The Morgan fingerprint density at radius 2 is 1.94 bits per heavy atom. The van der Waals surface area contributed by atoms with Gasteiger partial charge in [-0.1, -0.05) is 0 Å². The number of carbonyl (C=O) groups is 1. The van der Waals surface area contributed by atoms with Crippen molar-refractivity contribution in [3.63, 3.8) is 0 Å². The van der Waals surface area contributed by atoms with Gasteiger partial charge in [-0.05, 0) is 18.2 Å². The molecule has 0 saturated carbocycles. The van der Waals surface area contributed by atoms with Crippen LogP contribution in [0.5, 0.6) is 5.75 Å². The van der Waals surface area contributed by atoms with Crippen LogP contribution in [0.15, 0.2) is 18.2 Å². The van der Waals surface area contributed by atoms with Crippen LogP contribution in [0.25, 0.3) is 0 Å². The Hall–Kier alpha value is -1.66. The van der Waals surface area contributed by atoms with E-state index in [4.69, 9.17) is 0 Å². The van der Waals surface area contributed by atoms with E-state index in [9.17, 15) is 26.7 Å². The number of rotatable bonds is 4. The van der Waals surface area contributed by atoms with Crippen LogP contribution in [0.2, 0.25) is 0 Å². The fourth-order valence-electron chi connectivity index (χ4n) is 0.877. The second-order valence-electron chi connectivity index (χ2n) is 2.77. The number of aldehydes is 1. The highest BCUT2D eigenvalue weighted by Gasteiger charge is 2.44. The lowest BCUT2D eigenvalue weighted by atomic mass is 10.2. The van der Waals surface area contributed by atoms with Gasteiger partial charge in [-0.2, -0.15) is 17.6 Å². The average molecular weight is 240 g/mol. The zero-order valence-corrected chi connectivity index (χ0v) is 7.59. The number of hydrogen-bond acceptors (Lipinski definition) is 2. The van der Waals surface area contributed by atoms with Gasteiger partial charge < -0.3 is 4.74 Å². The summed E-state index contributed by atoms with van der Waals surface area (Å²) in [6.07, 6.45) is -8.64. The van der Waals surface area contributed by atoms with Gasteiger partial charge in [0.2, 0.25) is 0 Å². The summed E-state index contributed by atoms with van der Waals surface area (Å²) in [6.45, 7) is 0. The van der Waals surface area contributed by atoms with Crippen molar-refractivity contribution < 1.29 is 31.5 Å². The van der Waals surface area contributed by atoms with Crippen molar-refractivity contribution in [1.29, 1.82) is 0 Å². The highest BCUT2D eigenvalue weighted by atomic mass is 19.3. The fourth-order valence-corrected chi connectivity index (χ4v) is 0.877. The Kier molecular flexibility index (Phi) is 3.46. The van der Waals surface area contributed by atoms with Gasteiger partial charge in [0.25, 0.3) is 0 Å². The first-order chi connectivity index (χ1) is 7.36. The monoisotopic (exact) mass is 240 g/mol. The van der Waals surface area contributed by atoms with Gasteiger partial charge in [-0.25, -0.2) is 4.39 Å². The van der Waals surface area contributed by atoms with Crippen molar-refractivity contribution in [3.05, 3.63) is 29.6 Å². The molecule has 0 atom stereocenters. The van der Waals surface area contributed by atoms with Crippen molar-refractivity contribution in [2.45, 2.75) is 12.5 Å². The first-order valence-electron chi connectivity index (χ1n) is 3.96. The van der Waals surface area contributed by atoms with Gasteiger partial charge in [0.1, 0.15) is 11.6 Å². The Labute approximate surface area is 86.6 Å². The molecule has 16 heavy (non-hydrogen) atoms. The summed E-state index contributed by atoms with van der Waals surface area (Å²) in [6, 6.07) is 2.00. The van der Waals surface area contributed by atoms with Crippen LogP contribution >= 0.6 is 0 Å². The molecule has 0 aliphatic carbocycles. The molecule has 88 valence electrons. The molecular formula is C9H5F5O2. The third-order valence-corrected chi connectivity index (χ3v) is 1.60. The van der Waals surface area contributed by atoms with Crippen LogP contribution in [-0.2, 0) is 0 Å². The third kappa shape index (κ3) is 2.68. The number of ether oxygens (including phenoxy) is 1. The molecule has 2 nitrogen and oxygen atoms in total. The summed E-state index contributed by atoms with van der Waals surface area (Å²) >= 11 is 0. The van der Waals surface area contributed by atoms with Crippen LogP contribution in [-0.4, -0.2) is 18.8 Å². The highest BCUT2D eigenvalue weighted by molar-refractivity contribution is 5.75. The van der Waals surface area contributed by atoms with Gasteiger partial charge in [0.05, 0.1) is 5.56 Å². The lowest BCUT2D eigenvalue weighted by Gasteiger charge is -2.16. The Morgan fingerprint density at radius 3 is 2.44 bits per heavy atom. The minimum Gasteiger partial charge on any atom is -0.428 e. The summed E-state index contributed by atoms with van der Waals surface area (Å²) in [7, 11) is 0. The van der Waals surface area contributed by atoms with E-state index in [1.54, 1.807) is 0 Å². The molecule has 0 heterocycles. The van der Waals surface area contributed by atoms with E-state index < -0.39 is 29.7 Å². The van der Waals surface area contributed by atoms with Gasteiger partial charge >= 0.3 is 12.5 Å². The molecule has 0 saturated heterocycles. The van der Waals surface area contributed by atoms with Crippen molar-refractivity contribution in [2.75, 3.05) is 0 Å². The number of alkyl halides is 4. The molecule has 1 aromatic rings. The minimum atomic E-state index is -4.68. The van der Waals surface area contributed by atoms with Crippen LogP contribution in [0.4, 0.5) is 22.0 Å². The minimum absolute atomic E-state index is 0.0582. The lowest BCUT2D eigenvalue weighted by Crippen LogP contribution is -2.33. The molecule has 0 fully saturated rings. The number of halogens is 5. The number of benzene rings is 1. The van der Waals surface area contributed by atoms with Gasteiger partial charge in [0.15, 0.2) is 6.29 Å². The Bertz CT molecular complexity index is 391. The Morgan fingerprint density at radius 1 is 1.31 bits per heavy atom. The van der Waals surface area contributed by atoms with Crippen molar-refractivity contribution in [1.82, 2.24) is 0 Å². The topological polar surface area (TPSA) is 26.3 Å². The molecule has 7 heteroatoms. The molecule has 0 spiro atoms. The predicted molar refractivity (Wildman–Crippen MR) is 43.4 cm³/mol. The smallest absolute Gasteiger partial charge is 0.428 e. The quantitative estimate of drug-likeness (QED) is 0.597. The molecular weight excluding hydrogens is 235 g/mol. The molecule has 0 unspecified atom stereocenters. The second-order valence-corrected chi connectivity index (χ2v) is 2.77. The van der Waals surface area contributed by atoms with E-state index in [-0.39, 0.29) is 6.29 Å². The predicted octanol–water partition coefficient (Wildman–Crippen LogP) is 2.87. The van der Waals surface area contributed by atoms with Crippen LogP contribution < -0.4 is 4.74 Å². The molecule has 0 aliphatic rings. The maximum atomic E-state index is 12.7. The van der Waals surface area contributed by atoms with Crippen LogP contribution in [0, 0.1) is 5.82 Å². The van der Waals surface area contributed by atoms with Crippen molar-refractivity contribution >= 4 is 6.29 Å². The number of carbonyl (C=O) groups excluding carboxylic acids is 1. The molecule has 0 N–H and O–H groups in total. The molecule has 0 bridgehead atoms. The molecule has 0 aliphatic heterocycles. The van der Waals surface area contributed by atoms with E-state index in [0.717, 1.165) is 6.07 Å². The maximum Gasteiger partial charge on any atom is 0.461 e. The second kappa shape index (κ2) is 4.46. The molecule has 0 aromatic heterocycles. The van der Waals surface area contributed by atoms with Gasteiger partial charge in [-0.3, -0.25) is 4.79 Å².